The number of aliphatic hydroxyl groups excluding tert-OH is 1. The maximum atomic E-state index is 10.4. The van der Waals surface area contributed by atoms with Crippen molar-refractivity contribution in [2.24, 2.45) is 11.7 Å². The summed E-state index contributed by atoms with van der Waals surface area (Å²) in [7, 11) is 0. The van der Waals surface area contributed by atoms with E-state index in [0.29, 0.717) is 0 Å². The second kappa shape index (κ2) is 6.00. The van der Waals surface area contributed by atoms with Gasteiger partial charge in [0.15, 0.2) is 0 Å². The number of nitrogens with two attached hydrogens (primary N) is 1. The maximum Gasteiger partial charge on any atom is 0.0833 e. The van der Waals surface area contributed by atoms with Crippen molar-refractivity contribution in [3.8, 4) is 0 Å². The number of rotatable bonds is 4. The van der Waals surface area contributed by atoms with Crippen LogP contribution >= 0.6 is 0 Å². The first-order valence-corrected chi connectivity index (χ1v) is 6.64. The van der Waals surface area contributed by atoms with Crippen LogP contribution in [0.5, 0.6) is 0 Å². The van der Waals surface area contributed by atoms with E-state index in [9.17, 15) is 5.11 Å². The van der Waals surface area contributed by atoms with Gasteiger partial charge < -0.3 is 10.8 Å². The molecule has 0 unspecified atom stereocenters. The molecule has 0 aromatic heterocycles. The van der Waals surface area contributed by atoms with Gasteiger partial charge in [-0.1, -0.05) is 67.1 Å². The van der Waals surface area contributed by atoms with Crippen molar-refractivity contribution in [2.45, 2.75) is 26.0 Å². The highest BCUT2D eigenvalue weighted by Gasteiger charge is 2.23. The summed E-state index contributed by atoms with van der Waals surface area (Å²) in [5.41, 5.74) is 9.46. The lowest BCUT2D eigenvalue weighted by Crippen LogP contribution is -2.24. The molecule has 0 radical (unpaired) electrons. The minimum absolute atomic E-state index is 0.0369. The zero-order chi connectivity index (χ0) is 13.8. The van der Waals surface area contributed by atoms with Gasteiger partial charge in [-0.3, -0.25) is 0 Å². The highest BCUT2D eigenvalue weighted by molar-refractivity contribution is 5.26. The number of aryl methyl sites for hydroxylation is 1. The molecule has 0 aliphatic carbocycles. The Labute approximate surface area is 114 Å². The van der Waals surface area contributed by atoms with E-state index in [4.69, 9.17) is 5.73 Å². The normalized spacial score (nSPS) is 15.8. The molecule has 0 saturated carbocycles. The Morgan fingerprint density at radius 2 is 1.47 bits per heavy atom. The summed E-state index contributed by atoms with van der Waals surface area (Å²) in [5, 5.41) is 10.4. The summed E-state index contributed by atoms with van der Waals surface area (Å²) in [6.07, 6.45) is -0.544. The Balaban J connectivity index is 2.15. The Bertz CT molecular complexity index is 507. The van der Waals surface area contributed by atoms with Crippen LogP contribution in [0.15, 0.2) is 54.6 Å². The molecule has 0 aliphatic rings. The number of benzene rings is 2. The van der Waals surface area contributed by atoms with E-state index in [-0.39, 0.29) is 12.0 Å². The van der Waals surface area contributed by atoms with Crippen molar-refractivity contribution in [2.75, 3.05) is 0 Å². The zero-order valence-corrected chi connectivity index (χ0v) is 11.5. The summed E-state index contributed by atoms with van der Waals surface area (Å²) in [6, 6.07) is 17.7. The molecule has 19 heavy (non-hydrogen) atoms. The molecule has 3 N–H and O–H groups in total. The second-order valence-electron chi connectivity index (χ2n) is 5.15. The van der Waals surface area contributed by atoms with E-state index in [1.54, 1.807) is 0 Å². The lowest BCUT2D eigenvalue weighted by atomic mass is 9.87. The summed E-state index contributed by atoms with van der Waals surface area (Å²) in [5.74, 6) is -0.0369. The molecule has 2 nitrogen and oxygen atoms in total. The zero-order valence-electron chi connectivity index (χ0n) is 11.5. The van der Waals surface area contributed by atoms with E-state index in [1.807, 2.05) is 49.4 Å². The van der Waals surface area contributed by atoms with Crippen LogP contribution in [0.4, 0.5) is 0 Å². The molecule has 0 fully saturated rings. The number of hydrogen-bond acceptors (Lipinski definition) is 2. The van der Waals surface area contributed by atoms with Gasteiger partial charge >= 0.3 is 0 Å². The van der Waals surface area contributed by atoms with Crippen LogP contribution in [0, 0.1) is 12.8 Å². The third kappa shape index (κ3) is 3.22. The smallest absolute Gasteiger partial charge is 0.0833 e. The van der Waals surface area contributed by atoms with E-state index in [1.165, 1.54) is 5.56 Å². The van der Waals surface area contributed by atoms with Crippen LogP contribution in [0.1, 0.15) is 35.8 Å². The molecular weight excluding hydrogens is 234 g/mol. The van der Waals surface area contributed by atoms with Crippen molar-refractivity contribution < 1.29 is 5.11 Å². The van der Waals surface area contributed by atoms with E-state index in [2.05, 4.69) is 19.1 Å². The fraction of sp³-hybridized carbons (Fsp3) is 0.294. The molecule has 2 heteroatoms. The van der Waals surface area contributed by atoms with Gasteiger partial charge in [-0.25, -0.2) is 0 Å². The average Bonchev–Trinajstić information content (AvgIpc) is 2.46. The maximum absolute atomic E-state index is 10.4. The van der Waals surface area contributed by atoms with Crippen molar-refractivity contribution in [1.82, 2.24) is 0 Å². The number of hydrogen-bond donors (Lipinski definition) is 2. The molecule has 0 bridgehead atoms. The van der Waals surface area contributed by atoms with E-state index < -0.39 is 6.10 Å². The third-order valence-corrected chi connectivity index (χ3v) is 3.67. The first-order chi connectivity index (χ1) is 9.09. The Morgan fingerprint density at radius 1 is 0.895 bits per heavy atom. The van der Waals surface area contributed by atoms with Gasteiger partial charge in [0.1, 0.15) is 0 Å². The summed E-state index contributed by atoms with van der Waals surface area (Å²) in [4.78, 5) is 0. The monoisotopic (exact) mass is 255 g/mol. The van der Waals surface area contributed by atoms with Crippen molar-refractivity contribution in [3.63, 3.8) is 0 Å². The predicted octanol–water partition coefficient (Wildman–Crippen LogP) is 3.36. The Morgan fingerprint density at radius 3 is 2.05 bits per heavy atom. The molecule has 0 amide bonds. The largest absolute Gasteiger partial charge is 0.388 e. The standard InChI is InChI=1S/C17H21NO/c1-12-8-10-14(11-9-12)16(18)13(2)17(19)15-6-4-3-5-7-15/h3-11,13,16-17,19H,18H2,1-2H3/t13-,16+,17+/m0/s1. The summed E-state index contributed by atoms with van der Waals surface area (Å²) < 4.78 is 0. The van der Waals surface area contributed by atoms with Crippen LogP contribution in [-0.2, 0) is 0 Å². The van der Waals surface area contributed by atoms with Gasteiger partial charge in [-0.05, 0) is 18.1 Å². The first-order valence-electron chi connectivity index (χ1n) is 6.64. The molecule has 100 valence electrons. The van der Waals surface area contributed by atoms with Crippen molar-refractivity contribution in [3.05, 3.63) is 71.3 Å². The Hall–Kier alpha value is -1.64. The van der Waals surface area contributed by atoms with Crippen LogP contribution in [0.3, 0.4) is 0 Å². The van der Waals surface area contributed by atoms with Gasteiger partial charge in [0.25, 0.3) is 0 Å². The highest BCUT2D eigenvalue weighted by Crippen LogP contribution is 2.30. The topological polar surface area (TPSA) is 46.2 Å². The quantitative estimate of drug-likeness (QED) is 0.880. The van der Waals surface area contributed by atoms with Gasteiger partial charge in [0, 0.05) is 12.0 Å². The Kier molecular flexibility index (Phi) is 4.35. The lowest BCUT2D eigenvalue weighted by molar-refractivity contribution is 0.103. The van der Waals surface area contributed by atoms with Gasteiger partial charge in [-0.15, -0.1) is 0 Å². The average molecular weight is 255 g/mol. The van der Waals surface area contributed by atoms with Gasteiger partial charge in [0.05, 0.1) is 6.10 Å². The first kappa shape index (κ1) is 13.8. The third-order valence-electron chi connectivity index (χ3n) is 3.67. The molecule has 2 aromatic carbocycles. The fourth-order valence-electron chi connectivity index (χ4n) is 2.24. The summed E-state index contributed by atoms with van der Waals surface area (Å²) >= 11 is 0. The highest BCUT2D eigenvalue weighted by atomic mass is 16.3. The minimum atomic E-state index is -0.544. The van der Waals surface area contributed by atoms with Crippen LogP contribution < -0.4 is 5.73 Å². The predicted molar refractivity (Wildman–Crippen MR) is 78.7 cm³/mol. The fourth-order valence-corrected chi connectivity index (χ4v) is 2.24. The molecule has 0 aliphatic heterocycles. The van der Waals surface area contributed by atoms with Gasteiger partial charge in [-0.2, -0.15) is 0 Å². The minimum Gasteiger partial charge on any atom is -0.388 e. The molecule has 0 saturated heterocycles. The SMILES string of the molecule is Cc1ccc([C@H](N)[C@H](C)[C@@H](O)c2ccccc2)cc1. The summed E-state index contributed by atoms with van der Waals surface area (Å²) in [6.45, 7) is 4.04. The molecule has 0 spiro atoms. The molecule has 0 heterocycles. The molecular formula is C17H21NO. The van der Waals surface area contributed by atoms with E-state index >= 15 is 0 Å². The van der Waals surface area contributed by atoms with Gasteiger partial charge in [0.2, 0.25) is 0 Å². The van der Waals surface area contributed by atoms with Crippen molar-refractivity contribution >= 4 is 0 Å². The van der Waals surface area contributed by atoms with Crippen LogP contribution in [0.2, 0.25) is 0 Å². The second-order valence-corrected chi connectivity index (χ2v) is 5.15. The van der Waals surface area contributed by atoms with Crippen molar-refractivity contribution in [1.29, 1.82) is 0 Å². The lowest BCUT2D eigenvalue weighted by Gasteiger charge is -2.25. The molecule has 3 atom stereocenters. The molecule has 2 rings (SSSR count). The molecule has 2 aromatic rings. The van der Waals surface area contributed by atoms with Crippen LogP contribution in [0.25, 0.3) is 0 Å². The van der Waals surface area contributed by atoms with E-state index in [0.717, 1.165) is 11.1 Å². The van der Waals surface area contributed by atoms with Crippen LogP contribution in [-0.4, -0.2) is 5.11 Å². The number of aliphatic hydroxyl groups is 1.